The molecule has 1 atom stereocenters. The van der Waals surface area contributed by atoms with Crippen LogP contribution in [0.1, 0.15) is 24.1 Å². The van der Waals surface area contributed by atoms with E-state index < -0.39 is 17.7 Å². The lowest BCUT2D eigenvalue weighted by atomic mass is 9.97. The van der Waals surface area contributed by atoms with Crippen molar-refractivity contribution in [1.29, 1.82) is 0 Å². The molecule has 0 saturated carbocycles. The summed E-state index contributed by atoms with van der Waals surface area (Å²) in [7, 11) is 0. The monoisotopic (exact) mass is 357 g/mol. The minimum atomic E-state index is -0.655. The molecule has 2 rings (SSSR count). The maximum Gasteiger partial charge on any atom is 0.145 e. The largest absolute Gasteiger partial charge is 0.310 e. The van der Waals surface area contributed by atoms with Gasteiger partial charge in [0.2, 0.25) is 0 Å². The minimum Gasteiger partial charge on any atom is -0.310 e. The Kier molecular flexibility index (Phi) is 5.42. The zero-order valence-corrected chi connectivity index (χ0v) is 13.1. The SMILES string of the molecule is CCNC(Cc1ccccc1F)c1c(F)ccc(Br)c1F. The molecular weight excluding hydrogens is 343 g/mol. The van der Waals surface area contributed by atoms with Gasteiger partial charge in [-0.3, -0.25) is 0 Å². The fraction of sp³-hybridized carbons (Fsp3) is 0.250. The van der Waals surface area contributed by atoms with Crippen molar-refractivity contribution in [3.63, 3.8) is 0 Å². The Morgan fingerprint density at radius 2 is 1.76 bits per heavy atom. The molecule has 5 heteroatoms. The van der Waals surface area contributed by atoms with E-state index in [2.05, 4.69) is 21.2 Å². The van der Waals surface area contributed by atoms with Crippen LogP contribution in [0.4, 0.5) is 13.2 Å². The fourth-order valence-corrected chi connectivity index (χ4v) is 2.61. The van der Waals surface area contributed by atoms with Crippen LogP contribution in [-0.4, -0.2) is 6.54 Å². The van der Waals surface area contributed by atoms with E-state index >= 15 is 0 Å². The Balaban J connectivity index is 2.40. The topological polar surface area (TPSA) is 12.0 Å². The van der Waals surface area contributed by atoms with Crippen LogP contribution in [0.15, 0.2) is 40.9 Å². The highest BCUT2D eigenvalue weighted by atomic mass is 79.9. The molecule has 2 aromatic rings. The van der Waals surface area contributed by atoms with Gasteiger partial charge in [0.1, 0.15) is 17.5 Å². The molecule has 0 radical (unpaired) electrons. The van der Waals surface area contributed by atoms with E-state index in [1.54, 1.807) is 18.2 Å². The third-order valence-electron chi connectivity index (χ3n) is 3.26. The lowest BCUT2D eigenvalue weighted by Gasteiger charge is -2.20. The van der Waals surface area contributed by atoms with E-state index in [1.807, 2.05) is 6.92 Å². The first kappa shape index (κ1) is 16.0. The van der Waals surface area contributed by atoms with Crippen LogP contribution in [0.5, 0.6) is 0 Å². The standard InChI is InChI=1S/C16H15BrF3N/c1-2-21-14(9-10-5-3-4-6-12(10)18)15-13(19)8-7-11(17)16(15)20/h3-8,14,21H,2,9H2,1H3. The zero-order valence-electron chi connectivity index (χ0n) is 11.5. The van der Waals surface area contributed by atoms with E-state index in [9.17, 15) is 13.2 Å². The molecule has 0 spiro atoms. The predicted octanol–water partition coefficient (Wildman–Crippen LogP) is 4.76. The summed E-state index contributed by atoms with van der Waals surface area (Å²) in [5.74, 6) is -1.67. The average molecular weight is 358 g/mol. The number of halogens is 4. The Labute approximate surface area is 130 Å². The maximum atomic E-state index is 14.2. The van der Waals surface area contributed by atoms with Crippen LogP contribution in [0.3, 0.4) is 0 Å². The number of rotatable bonds is 5. The van der Waals surface area contributed by atoms with E-state index in [4.69, 9.17) is 0 Å². The van der Waals surface area contributed by atoms with Gasteiger partial charge < -0.3 is 5.32 Å². The Morgan fingerprint density at radius 1 is 1.05 bits per heavy atom. The van der Waals surface area contributed by atoms with Crippen LogP contribution in [0.25, 0.3) is 0 Å². The Bertz CT molecular complexity index is 631. The summed E-state index contributed by atoms with van der Waals surface area (Å²) < 4.78 is 42.2. The zero-order chi connectivity index (χ0) is 15.4. The number of likely N-dealkylation sites (N-methyl/N-ethyl adjacent to an activating group) is 1. The summed E-state index contributed by atoms with van der Waals surface area (Å²) in [5.41, 5.74) is 0.344. The summed E-state index contributed by atoms with van der Waals surface area (Å²) in [5, 5.41) is 3.02. The van der Waals surface area contributed by atoms with E-state index in [0.717, 1.165) is 0 Å². The van der Waals surface area contributed by atoms with Crippen LogP contribution >= 0.6 is 15.9 Å². The second-order valence-corrected chi connectivity index (χ2v) is 5.52. The maximum absolute atomic E-state index is 14.2. The summed E-state index contributed by atoms with van der Waals surface area (Å²) in [6, 6.07) is 8.13. The fourth-order valence-electron chi connectivity index (χ4n) is 2.27. The van der Waals surface area contributed by atoms with Gasteiger partial charge in [-0.1, -0.05) is 25.1 Å². The molecule has 0 saturated heterocycles. The predicted molar refractivity (Wildman–Crippen MR) is 80.6 cm³/mol. The molecule has 1 N–H and O–H groups in total. The van der Waals surface area contributed by atoms with Crippen molar-refractivity contribution in [3.05, 3.63) is 69.4 Å². The Hall–Kier alpha value is -1.33. The summed E-state index contributed by atoms with van der Waals surface area (Å²) in [6.45, 7) is 2.35. The van der Waals surface area contributed by atoms with Gasteiger partial charge in [0.25, 0.3) is 0 Å². The first-order chi connectivity index (χ1) is 10.0. The molecule has 1 nitrogen and oxygen atoms in total. The van der Waals surface area contributed by atoms with Crippen molar-refractivity contribution in [2.24, 2.45) is 0 Å². The molecule has 0 heterocycles. The molecule has 0 amide bonds. The van der Waals surface area contributed by atoms with E-state index in [-0.39, 0.29) is 22.3 Å². The molecule has 0 bridgehead atoms. The molecule has 2 aromatic carbocycles. The van der Waals surface area contributed by atoms with Gasteiger partial charge in [0.05, 0.1) is 4.47 Å². The number of hydrogen-bond acceptors (Lipinski definition) is 1. The molecule has 0 aliphatic rings. The van der Waals surface area contributed by atoms with Crippen LogP contribution < -0.4 is 5.32 Å². The van der Waals surface area contributed by atoms with Crippen molar-refractivity contribution in [1.82, 2.24) is 5.32 Å². The highest BCUT2D eigenvalue weighted by molar-refractivity contribution is 9.10. The third kappa shape index (κ3) is 3.66. The molecule has 1 unspecified atom stereocenters. The third-order valence-corrected chi connectivity index (χ3v) is 3.87. The minimum absolute atomic E-state index is 0.0746. The van der Waals surface area contributed by atoms with Crippen molar-refractivity contribution in [2.75, 3.05) is 6.54 Å². The van der Waals surface area contributed by atoms with Crippen LogP contribution in [-0.2, 0) is 6.42 Å². The lowest BCUT2D eigenvalue weighted by molar-refractivity contribution is 0.464. The highest BCUT2D eigenvalue weighted by Gasteiger charge is 2.22. The average Bonchev–Trinajstić information content (AvgIpc) is 2.46. The first-order valence-corrected chi connectivity index (χ1v) is 7.44. The van der Waals surface area contributed by atoms with E-state index in [0.29, 0.717) is 12.1 Å². The normalized spacial score (nSPS) is 12.4. The molecule has 0 aliphatic carbocycles. The first-order valence-electron chi connectivity index (χ1n) is 6.64. The second kappa shape index (κ2) is 7.09. The van der Waals surface area contributed by atoms with Crippen molar-refractivity contribution in [2.45, 2.75) is 19.4 Å². The lowest BCUT2D eigenvalue weighted by Crippen LogP contribution is -2.25. The number of hydrogen-bond donors (Lipinski definition) is 1. The van der Waals surface area contributed by atoms with Crippen molar-refractivity contribution < 1.29 is 13.2 Å². The molecule has 112 valence electrons. The molecule has 21 heavy (non-hydrogen) atoms. The summed E-state index contributed by atoms with van der Waals surface area (Å²) in [4.78, 5) is 0. The molecular formula is C16H15BrF3N. The van der Waals surface area contributed by atoms with Crippen LogP contribution in [0.2, 0.25) is 0 Å². The molecule has 0 fully saturated rings. The van der Waals surface area contributed by atoms with Gasteiger partial charge in [-0.2, -0.15) is 0 Å². The van der Waals surface area contributed by atoms with Gasteiger partial charge in [-0.05, 0) is 52.7 Å². The van der Waals surface area contributed by atoms with Crippen molar-refractivity contribution >= 4 is 15.9 Å². The number of nitrogens with one attached hydrogen (secondary N) is 1. The summed E-state index contributed by atoms with van der Waals surface area (Å²) >= 11 is 3.06. The summed E-state index contributed by atoms with van der Waals surface area (Å²) in [6.07, 6.45) is 0.171. The molecule has 0 aromatic heterocycles. The second-order valence-electron chi connectivity index (χ2n) is 4.66. The van der Waals surface area contributed by atoms with Gasteiger partial charge in [-0.25, -0.2) is 13.2 Å². The highest BCUT2D eigenvalue weighted by Crippen LogP contribution is 2.29. The quantitative estimate of drug-likeness (QED) is 0.760. The van der Waals surface area contributed by atoms with Gasteiger partial charge in [0.15, 0.2) is 0 Å². The molecule has 0 aliphatic heterocycles. The van der Waals surface area contributed by atoms with Gasteiger partial charge in [-0.15, -0.1) is 0 Å². The van der Waals surface area contributed by atoms with Crippen molar-refractivity contribution in [3.8, 4) is 0 Å². The van der Waals surface area contributed by atoms with E-state index in [1.165, 1.54) is 18.2 Å². The van der Waals surface area contributed by atoms with Gasteiger partial charge >= 0.3 is 0 Å². The smallest absolute Gasteiger partial charge is 0.145 e. The van der Waals surface area contributed by atoms with Gasteiger partial charge in [0, 0.05) is 11.6 Å². The van der Waals surface area contributed by atoms with Crippen LogP contribution in [0, 0.1) is 17.5 Å². The Morgan fingerprint density at radius 3 is 2.43 bits per heavy atom. The number of benzene rings is 2.